The second-order valence-corrected chi connectivity index (χ2v) is 6.12. The predicted octanol–water partition coefficient (Wildman–Crippen LogP) is 2.61. The molecule has 7 nitrogen and oxygen atoms in total. The van der Waals surface area contributed by atoms with E-state index in [0.29, 0.717) is 11.2 Å². The molecule has 128 valence electrons. The van der Waals surface area contributed by atoms with Crippen molar-refractivity contribution in [3.05, 3.63) is 29.6 Å². The number of aromatic nitrogens is 4. The number of rotatable bonds is 5. The van der Waals surface area contributed by atoms with E-state index >= 15 is 0 Å². The van der Waals surface area contributed by atoms with Crippen molar-refractivity contribution in [3.63, 3.8) is 0 Å². The molecule has 0 aliphatic carbocycles. The Bertz CT molecular complexity index is 686. The average Bonchev–Trinajstić information content (AvgIpc) is 2.63. The molecule has 0 bridgehead atoms. The highest BCUT2D eigenvalue weighted by Crippen LogP contribution is 2.28. The third kappa shape index (κ3) is 3.67. The van der Waals surface area contributed by atoms with Gasteiger partial charge in [0.25, 0.3) is 0 Å². The zero-order chi connectivity index (χ0) is 16.9. The first-order valence-corrected chi connectivity index (χ1v) is 8.59. The van der Waals surface area contributed by atoms with Crippen LogP contribution in [0.3, 0.4) is 0 Å². The molecular weight excluding hydrogens is 326 g/mol. The number of nitrogens with zero attached hydrogens (tertiary/aromatic N) is 5. The van der Waals surface area contributed by atoms with Crippen molar-refractivity contribution in [2.75, 3.05) is 35.7 Å². The van der Waals surface area contributed by atoms with Gasteiger partial charge < -0.3 is 15.5 Å². The molecule has 3 rings (SSSR count). The van der Waals surface area contributed by atoms with Gasteiger partial charge in [0.05, 0.1) is 0 Å². The maximum absolute atomic E-state index is 6.10. The number of nitrogens with one attached hydrogen (secondary N) is 2. The van der Waals surface area contributed by atoms with Gasteiger partial charge in [-0.1, -0.05) is 18.5 Å². The molecule has 0 spiro atoms. The number of anilines is 3. The van der Waals surface area contributed by atoms with Gasteiger partial charge in [-0.15, -0.1) is 0 Å². The summed E-state index contributed by atoms with van der Waals surface area (Å²) in [5.41, 5.74) is 1.82. The number of aryl methyl sites for hydroxylation is 1. The average molecular weight is 348 g/mol. The summed E-state index contributed by atoms with van der Waals surface area (Å²) in [5, 5.41) is 6.96. The summed E-state index contributed by atoms with van der Waals surface area (Å²) in [4.78, 5) is 19.3. The van der Waals surface area contributed by atoms with E-state index in [2.05, 4.69) is 48.5 Å². The number of halogens is 1. The van der Waals surface area contributed by atoms with Crippen LogP contribution in [0.4, 0.5) is 17.3 Å². The van der Waals surface area contributed by atoms with Gasteiger partial charge in [0.1, 0.15) is 24.2 Å². The van der Waals surface area contributed by atoms with E-state index in [-0.39, 0.29) is 0 Å². The summed E-state index contributed by atoms with van der Waals surface area (Å²) in [5.74, 6) is 1.77. The standard InChI is InChI=1S/C16H22ClN7/c1-3-11-8-13(20-9-19-11)24-6-4-12(5-7-24)23-16-14(18-2)15(17)21-10-22-16/h8-10,12,18H,3-7H2,1-2H3,(H,21,22,23). The smallest absolute Gasteiger partial charge is 0.157 e. The van der Waals surface area contributed by atoms with Gasteiger partial charge in [0.15, 0.2) is 11.0 Å². The zero-order valence-corrected chi connectivity index (χ0v) is 14.7. The first-order valence-electron chi connectivity index (χ1n) is 8.22. The Labute approximate surface area is 146 Å². The lowest BCUT2D eigenvalue weighted by atomic mass is 10.0. The van der Waals surface area contributed by atoms with E-state index in [1.807, 2.05) is 7.05 Å². The lowest BCUT2D eigenvalue weighted by Gasteiger charge is -2.33. The number of hydrogen-bond acceptors (Lipinski definition) is 7. The fraction of sp³-hybridized carbons (Fsp3) is 0.500. The van der Waals surface area contributed by atoms with E-state index in [1.165, 1.54) is 6.33 Å². The summed E-state index contributed by atoms with van der Waals surface area (Å²) in [6.45, 7) is 4.01. The molecule has 0 saturated carbocycles. The van der Waals surface area contributed by atoms with Crippen LogP contribution in [-0.2, 0) is 6.42 Å². The van der Waals surface area contributed by atoms with Crippen molar-refractivity contribution in [3.8, 4) is 0 Å². The summed E-state index contributed by atoms with van der Waals surface area (Å²) >= 11 is 6.10. The Kier molecular flexibility index (Phi) is 5.30. The molecule has 0 amide bonds. The molecule has 0 unspecified atom stereocenters. The first-order chi connectivity index (χ1) is 11.7. The van der Waals surface area contributed by atoms with Crippen LogP contribution >= 0.6 is 11.6 Å². The monoisotopic (exact) mass is 347 g/mol. The SMILES string of the molecule is CCc1cc(N2CCC(Nc3ncnc(Cl)c3NC)CC2)ncn1. The van der Waals surface area contributed by atoms with Crippen LogP contribution in [0.25, 0.3) is 0 Å². The normalized spacial score (nSPS) is 15.4. The minimum absolute atomic E-state index is 0.354. The van der Waals surface area contributed by atoms with Crippen LogP contribution in [0.15, 0.2) is 18.7 Å². The highest BCUT2D eigenvalue weighted by molar-refractivity contribution is 6.32. The topological polar surface area (TPSA) is 78.9 Å². The molecule has 0 aromatic carbocycles. The van der Waals surface area contributed by atoms with Gasteiger partial charge in [-0.05, 0) is 19.3 Å². The van der Waals surface area contributed by atoms with E-state index in [0.717, 1.165) is 55.4 Å². The van der Waals surface area contributed by atoms with Crippen molar-refractivity contribution in [2.24, 2.45) is 0 Å². The van der Waals surface area contributed by atoms with Gasteiger partial charge in [0.2, 0.25) is 0 Å². The van der Waals surface area contributed by atoms with Crippen LogP contribution in [-0.4, -0.2) is 46.1 Å². The van der Waals surface area contributed by atoms with Crippen LogP contribution < -0.4 is 15.5 Å². The van der Waals surface area contributed by atoms with Gasteiger partial charge in [-0.25, -0.2) is 19.9 Å². The Morgan fingerprint density at radius 3 is 2.62 bits per heavy atom. The maximum atomic E-state index is 6.10. The zero-order valence-electron chi connectivity index (χ0n) is 14.0. The molecule has 24 heavy (non-hydrogen) atoms. The minimum atomic E-state index is 0.354. The van der Waals surface area contributed by atoms with Crippen molar-refractivity contribution in [1.29, 1.82) is 0 Å². The molecule has 2 aromatic rings. The number of piperidine rings is 1. The molecule has 1 saturated heterocycles. The van der Waals surface area contributed by atoms with Crippen molar-refractivity contribution >= 4 is 28.9 Å². The van der Waals surface area contributed by atoms with E-state index in [1.54, 1.807) is 6.33 Å². The van der Waals surface area contributed by atoms with E-state index < -0.39 is 0 Å². The molecular formula is C16H22ClN7. The molecule has 2 N–H and O–H groups in total. The molecule has 1 aliphatic rings. The summed E-state index contributed by atoms with van der Waals surface area (Å²) in [6, 6.07) is 2.43. The molecule has 0 radical (unpaired) electrons. The van der Waals surface area contributed by atoms with E-state index in [4.69, 9.17) is 11.6 Å². The molecule has 1 fully saturated rings. The van der Waals surface area contributed by atoms with Crippen molar-refractivity contribution in [2.45, 2.75) is 32.2 Å². The minimum Gasteiger partial charge on any atom is -0.383 e. The second kappa shape index (κ2) is 7.61. The van der Waals surface area contributed by atoms with Crippen molar-refractivity contribution in [1.82, 2.24) is 19.9 Å². The number of hydrogen-bond donors (Lipinski definition) is 2. The van der Waals surface area contributed by atoms with Crippen LogP contribution in [0.2, 0.25) is 5.15 Å². The molecule has 3 heterocycles. The maximum Gasteiger partial charge on any atom is 0.157 e. The third-order valence-corrected chi connectivity index (χ3v) is 4.57. The van der Waals surface area contributed by atoms with Crippen LogP contribution in [0, 0.1) is 0 Å². The van der Waals surface area contributed by atoms with Gasteiger partial charge in [0, 0.05) is 37.9 Å². The fourth-order valence-corrected chi connectivity index (χ4v) is 3.12. The highest BCUT2D eigenvalue weighted by Gasteiger charge is 2.22. The fourth-order valence-electron chi connectivity index (χ4n) is 2.89. The Morgan fingerprint density at radius 1 is 1.17 bits per heavy atom. The Hall–Kier alpha value is -2.15. The Balaban J connectivity index is 1.62. The van der Waals surface area contributed by atoms with Crippen LogP contribution in [0.1, 0.15) is 25.5 Å². The first kappa shape index (κ1) is 16.7. The van der Waals surface area contributed by atoms with E-state index in [9.17, 15) is 0 Å². The highest BCUT2D eigenvalue weighted by atomic mass is 35.5. The Morgan fingerprint density at radius 2 is 1.92 bits per heavy atom. The molecule has 8 heteroatoms. The predicted molar refractivity (Wildman–Crippen MR) is 96.9 cm³/mol. The summed E-state index contributed by atoms with van der Waals surface area (Å²) in [6.07, 6.45) is 6.08. The molecule has 2 aromatic heterocycles. The quantitative estimate of drug-likeness (QED) is 0.805. The largest absolute Gasteiger partial charge is 0.383 e. The second-order valence-electron chi connectivity index (χ2n) is 5.76. The van der Waals surface area contributed by atoms with Gasteiger partial charge in [-0.3, -0.25) is 0 Å². The summed E-state index contributed by atoms with van der Waals surface area (Å²) in [7, 11) is 1.82. The lowest BCUT2D eigenvalue weighted by Crippen LogP contribution is -2.39. The van der Waals surface area contributed by atoms with Crippen LogP contribution in [0.5, 0.6) is 0 Å². The third-order valence-electron chi connectivity index (χ3n) is 4.28. The van der Waals surface area contributed by atoms with Crippen molar-refractivity contribution < 1.29 is 0 Å². The molecule has 1 aliphatic heterocycles. The molecule has 0 atom stereocenters. The van der Waals surface area contributed by atoms with Gasteiger partial charge >= 0.3 is 0 Å². The summed E-state index contributed by atoms with van der Waals surface area (Å²) < 4.78 is 0. The lowest BCUT2D eigenvalue weighted by molar-refractivity contribution is 0.522. The van der Waals surface area contributed by atoms with Gasteiger partial charge in [-0.2, -0.15) is 0 Å².